The Bertz CT molecular complexity index is 1010. The first-order valence-electron chi connectivity index (χ1n) is 9.93. The Kier molecular flexibility index (Phi) is 5.61. The molecule has 30 heavy (non-hydrogen) atoms. The number of carbonyl (C=O) groups excluding carboxylic acids is 1. The molecule has 1 aromatic carbocycles. The van der Waals surface area contributed by atoms with Crippen LogP contribution in [0.1, 0.15) is 25.8 Å². The summed E-state index contributed by atoms with van der Waals surface area (Å²) >= 11 is 0. The first-order chi connectivity index (χ1) is 14.5. The second-order valence-corrected chi connectivity index (χ2v) is 7.47. The number of amides is 1. The lowest BCUT2D eigenvalue weighted by atomic mass is 10.0. The Morgan fingerprint density at radius 2 is 2.17 bits per heavy atom. The van der Waals surface area contributed by atoms with E-state index in [2.05, 4.69) is 5.10 Å². The van der Waals surface area contributed by atoms with Gasteiger partial charge in [0.15, 0.2) is 12.0 Å². The maximum Gasteiger partial charge on any atom is 0.224 e. The summed E-state index contributed by atoms with van der Waals surface area (Å²) in [5.74, 6) is 0.429. The molecule has 0 saturated heterocycles. The summed E-state index contributed by atoms with van der Waals surface area (Å²) in [6.07, 6.45) is 4.36. The van der Waals surface area contributed by atoms with E-state index in [-0.39, 0.29) is 11.9 Å². The molecule has 0 fully saturated rings. The quantitative estimate of drug-likeness (QED) is 0.673. The molecule has 0 saturated carbocycles. The van der Waals surface area contributed by atoms with Crippen molar-refractivity contribution in [1.82, 2.24) is 9.78 Å². The first kappa shape index (κ1) is 20.2. The van der Waals surface area contributed by atoms with Crippen molar-refractivity contribution in [3.63, 3.8) is 0 Å². The third-order valence-electron chi connectivity index (χ3n) is 5.37. The molecule has 3 heterocycles. The third-order valence-corrected chi connectivity index (χ3v) is 5.37. The molecule has 0 radical (unpaired) electrons. The molecule has 3 aromatic rings. The van der Waals surface area contributed by atoms with E-state index in [4.69, 9.17) is 9.15 Å². The van der Waals surface area contributed by atoms with Crippen LogP contribution in [-0.2, 0) is 16.1 Å². The number of anilines is 2. The van der Waals surface area contributed by atoms with Gasteiger partial charge in [0.1, 0.15) is 0 Å². The van der Waals surface area contributed by atoms with Crippen molar-refractivity contribution in [1.29, 1.82) is 0 Å². The molecule has 8 nitrogen and oxygen atoms in total. The van der Waals surface area contributed by atoms with Gasteiger partial charge in [0.2, 0.25) is 5.91 Å². The predicted molar refractivity (Wildman–Crippen MR) is 113 cm³/mol. The third kappa shape index (κ3) is 3.71. The van der Waals surface area contributed by atoms with Crippen LogP contribution in [0, 0.1) is 0 Å². The number of ether oxygens (including phenoxy) is 1. The Morgan fingerprint density at radius 3 is 2.87 bits per heavy atom. The zero-order chi connectivity index (χ0) is 21.3. The average Bonchev–Trinajstić information content (AvgIpc) is 3.42. The zero-order valence-electron chi connectivity index (χ0n) is 17.4. The molecule has 0 bridgehead atoms. The van der Waals surface area contributed by atoms with Crippen molar-refractivity contribution in [3.8, 4) is 11.1 Å². The van der Waals surface area contributed by atoms with Crippen molar-refractivity contribution < 1.29 is 19.1 Å². The van der Waals surface area contributed by atoms with Gasteiger partial charge >= 0.3 is 0 Å². The Morgan fingerprint density at radius 1 is 1.33 bits per heavy atom. The van der Waals surface area contributed by atoms with E-state index < -0.39 is 6.23 Å². The van der Waals surface area contributed by atoms with Gasteiger partial charge in [-0.2, -0.15) is 5.10 Å². The van der Waals surface area contributed by atoms with Gasteiger partial charge in [0.25, 0.3) is 0 Å². The van der Waals surface area contributed by atoms with Gasteiger partial charge in [-0.1, -0.05) is 6.07 Å². The average molecular weight is 410 g/mol. The van der Waals surface area contributed by atoms with Crippen LogP contribution in [-0.4, -0.2) is 47.1 Å². The number of hydrogen-bond donors (Lipinski definition) is 1. The molecule has 8 heteroatoms. The number of carbonyl (C=O) groups is 1. The topological polar surface area (TPSA) is 84.0 Å². The lowest BCUT2D eigenvalue weighted by Crippen LogP contribution is -2.50. The van der Waals surface area contributed by atoms with E-state index in [1.165, 1.54) is 0 Å². The molecule has 1 amide bonds. The SMILES string of the molecule is COCCn1cc(-c2ccc3c(c2)N(C(O)c2ccco2)CC(C)N3C(C)=O)cn1. The highest BCUT2D eigenvalue weighted by atomic mass is 16.5. The first-order valence-corrected chi connectivity index (χ1v) is 9.93. The van der Waals surface area contributed by atoms with Gasteiger partial charge in [0.05, 0.1) is 43.0 Å². The van der Waals surface area contributed by atoms with Gasteiger partial charge in [-0.05, 0) is 36.8 Å². The number of furan rings is 1. The van der Waals surface area contributed by atoms with E-state index in [0.29, 0.717) is 25.5 Å². The molecule has 0 spiro atoms. The van der Waals surface area contributed by atoms with Crippen LogP contribution in [0.25, 0.3) is 11.1 Å². The smallest absolute Gasteiger partial charge is 0.224 e. The van der Waals surface area contributed by atoms with E-state index >= 15 is 0 Å². The highest BCUT2D eigenvalue weighted by molar-refractivity contribution is 5.98. The van der Waals surface area contributed by atoms with Crippen molar-refractivity contribution in [2.45, 2.75) is 32.7 Å². The molecule has 0 aliphatic carbocycles. The molecule has 2 unspecified atom stereocenters. The number of aromatic nitrogens is 2. The summed E-state index contributed by atoms with van der Waals surface area (Å²) in [5.41, 5.74) is 3.44. The van der Waals surface area contributed by atoms with Crippen molar-refractivity contribution in [2.24, 2.45) is 0 Å². The van der Waals surface area contributed by atoms with Crippen LogP contribution < -0.4 is 9.80 Å². The van der Waals surface area contributed by atoms with Crippen molar-refractivity contribution in [2.75, 3.05) is 30.1 Å². The molecule has 1 N–H and O–H groups in total. The van der Waals surface area contributed by atoms with E-state index in [0.717, 1.165) is 22.5 Å². The number of rotatable bonds is 6. The number of benzene rings is 1. The lowest BCUT2D eigenvalue weighted by molar-refractivity contribution is -0.117. The number of fused-ring (bicyclic) bond motifs is 1. The van der Waals surface area contributed by atoms with E-state index in [1.807, 2.05) is 40.9 Å². The van der Waals surface area contributed by atoms with Crippen LogP contribution in [0.2, 0.25) is 0 Å². The minimum atomic E-state index is -0.949. The van der Waals surface area contributed by atoms with E-state index in [1.54, 1.807) is 43.5 Å². The normalized spacial score (nSPS) is 17.1. The maximum atomic E-state index is 12.3. The fraction of sp³-hybridized carbons (Fsp3) is 0.364. The Labute approximate surface area is 175 Å². The molecule has 2 aromatic heterocycles. The Balaban J connectivity index is 1.75. The van der Waals surface area contributed by atoms with Crippen molar-refractivity contribution >= 4 is 17.3 Å². The van der Waals surface area contributed by atoms with Crippen LogP contribution in [0.4, 0.5) is 11.4 Å². The highest BCUT2D eigenvalue weighted by Gasteiger charge is 2.35. The number of nitrogens with zero attached hydrogens (tertiary/aromatic N) is 4. The van der Waals surface area contributed by atoms with Crippen LogP contribution in [0.3, 0.4) is 0 Å². The second kappa shape index (κ2) is 8.33. The predicted octanol–water partition coefficient (Wildman–Crippen LogP) is 3.04. The molecule has 4 rings (SSSR count). The minimum absolute atomic E-state index is 0.0315. The second-order valence-electron chi connectivity index (χ2n) is 7.47. The maximum absolute atomic E-state index is 12.3. The summed E-state index contributed by atoms with van der Waals surface area (Å²) in [5, 5.41) is 15.4. The van der Waals surface area contributed by atoms with Gasteiger partial charge < -0.3 is 24.1 Å². The van der Waals surface area contributed by atoms with Gasteiger partial charge in [-0.3, -0.25) is 9.48 Å². The number of aliphatic hydroxyl groups is 1. The van der Waals surface area contributed by atoms with Crippen molar-refractivity contribution in [3.05, 3.63) is 54.7 Å². The monoisotopic (exact) mass is 410 g/mol. The van der Waals surface area contributed by atoms with E-state index in [9.17, 15) is 9.90 Å². The molecule has 1 aliphatic rings. The van der Waals surface area contributed by atoms with Gasteiger partial charge in [-0.15, -0.1) is 0 Å². The summed E-state index contributed by atoms with van der Waals surface area (Å²) in [6, 6.07) is 9.29. The number of hydrogen-bond acceptors (Lipinski definition) is 6. The van der Waals surface area contributed by atoms with Crippen LogP contribution in [0.5, 0.6) is 0 Å². The molecule has 158 valence electrons. The lowest BCUT2D eigenvalue weighted by Gasteiger charge is -2.43. The molecule has 1 aliphatic heterocycles. The van der Waals surface area contributed by atoms with Gasteiger partial charge in [-0.25, -0.2) is 0 Å². The highest BCUT2D eigenvalue weighted by Crippen LogP contribution is 2.41. The molecular weight excluding hydrogens is 384 g/mol. The Hall–Kier alpha value is -3.10. The largest absolute Gasteiger partial charge is 0.465 e. The molecular formula is C22H26N4O4. The number of aliphatic hydroxyl groups excluding tert-OH is 1. The summed E-state index contributed by atoms with van der Waals surface area (Å²) in [4.78, 5) is 16.0. The standard InChI is InChI=1S/C22H26N4O4/c1-15-13-25(22(28)21-5-4-9-30-21)20-11-17(6-7-19(20)26(15)16(2)27)18-12-23-24(14-18)8-10-29-3/h4-7,9,11-12,14-15,22,28H,8,10,13H2,1-3H3. The zero-order valence-corrected chi connectivity index (χ0v) is 17.4. The minimum Gasteiger partial charge on any atom is -0.465 e. The summed E-state index contributed by atoms with van der Waals surface area (Å²) in [7, 11) is 1.66. The fourth-order valence-corrected chi connectivity index (χ4v) is 3.96. The van der Waals surface area contributed by atoms with Crippen LogP contribution >= 0.6 is 0 Å². The summed E-state index contributed by atoms with van der Waals surface area (Å²) in [6.45, 7) is 5.26. The van der Waals surface area contributed by atoms with Gasteiger partial charge in [0, 0.05) is 32.3 Å². The fourth-order valence-electron chi connectivity index (χ4n) is 3.96. The van der Waals surface area contributed by atoms with Crippen LogP contribution in [0.15, 0.2) is 53.4 Å². The summed E-state index contributed by atoms with van der Waals surface area (Å²) < 4.78 is 12.4. The molecule has 2 atom stereocenters. The number of methoxy groups -OCH3 is 1.